The predicted molar refractivity (Wildman–Crippen MR) is 88.8 cm³/mol. The predicted octanol–water partition coefficient (Wildman–Crippen LogP) is 3.93. The van der Waals surface area contributed by atoms with Crippen LogP contribution in [-0.4, -0.2) is 13.2 Å². The van der Waals surface area contributed by atoms with Crippen LogP contribution in [-0.2, 0) is 13.0 Å². The van der Waals surface area contributed by atoms with Gasteiger partial charge in [-0.1, -0.05) is 46.3 Å². The van der Waals surface area contributed by atoms with E-state index in [9.17, 15) is 0 Å². The number of para-hydroxylation sites is 1. The van der Waals surface area contributed by atoms with E-state index in [0.717, 1.165) is 33.5 Å². The van der Waals surface area contributed by atoms with Crippen molar-refractivity contribution in [1.82, 2.24) is 0 Å². The maximum atomic E-state index is 6.02. The van der Waals surface area contributed by atoms with Crippen molar-refractivity contribution in [2.45, 2.75) is 26.0 Å². The minimum Gasteiger partial charge on any atom is -0.493 e. The third kappa shape index (κ3) is 4.22. The zero-order chi connectivity index (χ0) is 15.2. The molecule has 0 saturated heterocycles. The summed E-state index contributed by atoms with van der Waals surface area (Å²) in [6.45, 7) is 2.46. The van der Waals surface area contributed by atoms with Gasteiger partial charge in [0.15, 0.2) is 11.5 Å². The highest BCUT2D eigenvalue weighted by atomic mass is 79.9. The minimum absolute atomic E-state index is 0.0721. The summed E-state index contributed by atoms with van der Waals surface area (Å²) < 4.78 is 12.5. The lowest BCUT2D eigenvalue weighted by molar-refractivity contribution is 0.280. The fraction of sp³-hybridized carbons (Fsp3) is 0.294. The molecule has 4 heteroatoms. The molecule has 2 rings (SSSR count). The molecule has 0 aliphatic carbocycles. The first kappa shape index (κ1) is 15.9. The molecule has 2 N–H and O–H groups in total. The molecule has 0 spiro atoms. The van der Waals surface area contributed by atoms with E-state index in [4.69, 9.17) is 15.2 Å². The second-order valence-electron chi connectivity index (χ2n) is 5.01. The molecule has 0 amide bonds. The summed E-state index contributed by atoms with van der Waals surface area (Å²) in [5, 5.41) is 0. The molecule has 2 aromatic carbocycles. The fourth-order valence-corrected chi connectivity index (χ4v) is 2.56. The highest BCUT2D eigenvalue weighted by Gasteiger charge is 2.12. The Morgan fingerprint density at radius 1 is 1.10 bits per heavy atom. The summed E-state index contributed by atoms with van der Waals surface area (Å²) in [5.74, 6) is 1.51. The third-order valence-electron chi connectivity index (χ3n) is 3.15. The maximum Gasteiger partial charge on any atom is 0.164 e. The van der Waals surface area contributed by atoms with Gasteiger partial charge in [-0.25, -0.2) is 0 Å². The first-order valence-electron chi connectivity index (χ1n) is 6.89. The largest absolute Gasteiger partial charge is 0.493 e. The fourth-order valence-electron chi connectivity index (χ4n) is 2.16. The van der Waals surface area contributed by atoms with Gasteiger partial charge < -0.3 is 15.2 Å². The zero-order valence-corrected chi connectivity index (χ0v) is 13.9. The van der Waals surface area contributed by atoms with Gasteiger partial charge in [0.1, 0.15) is 6.61 Å². The van der Waals surface area contributed by atoms with Gasteiger partial charge in [0.2, 0.25) is 0 Å². The molecule has 0 saturated carbocycles. The first-order valence-corrected chi connectivity index (χ1v) is 7.68. The first-order chi connectivity index (χ1) is 10.1. The molecule has 1 atom stereocenters. The Labute approximate surface area is 134 Å². The van der Waals surface area contributed by atoms with E-state index in [1.165, 1.54) is 0 Å². The third-order valence-corrected chi connectivity index (χ3v) is 3.93. The Morgan fingerprint density at radius 3 is 2.48 bits per heavy atom. The van der Waals surface area contributed by atoms with Crippen molar-refractivity contribution in [3.63, 3.8) is 0 Å². The Bertz CT molecular complexity index is 599. The quantitative estimate of drug-likeness (QED) is 0.859. The van der Waals surface area contributed by atoms with E-state index in [-0.39, 0.29) is 6.04 Å². The average Bonchev–Trinajstić information content (AvgIpc) is 2.46. The molecule has 2 aromatic rings. The highest BCUT2D eigenvalue weighted by Crippen LogP contribution is 2.33. The Balaban J connectivity index is 2.23. The van der Waals surface area contributed by atoms with Gasteiger partial charge in [-0.2, -0.15) is 0 Å². The molecule has 3 nitrogen and oxygen atoms in total. The average molecular weight is 350 g/mol. The number of halogens is 1. The summed E-state index contributed by atoms with van der Waals surface area (Å²) in [6, 6.07) is 14.0. The van der Waals surface area contributed by atoms with Crippen LogP contribution in [0.5, 0.6) is 11.5 Å². The molecular weight excluding hydrogens is 330 g/mol. The van der Waals surface area contributed by atoms with Crippen LogP contribution in [0.2, 0.25) is 0 Å². The number of nitrogens with two attached hydrogens (primary N) is 1. The van der Waals surface area contributed by atoms with Gasteiger partial charge in [0.25, 0.3) is 0 Å². The molecule has 1 unspecified atom stereocenters. The monoisotopic (exact) mass is 349 g/mol. The summed E-state index contributed by atoms with van der Waals surface area (Å²) in [4.78, 5) is 0. The lowest BCUT2D eigenvalue weighted by Crippen LogP contribution is -2.18. The summed E-state index contributed by atoms with van der Waals surface area (Å²) in [5.41, 5.74) is 8.07. The van der Waals surface area contributed by atoms with Gasteiger partial charge in [-0.3, -0.25) is 0 Å². The van der Waals surface area contributed by atoms with E-state index in [1.54, 1.807) is 7.11 Å². The second-order valence-corrected chi connectivity index (χ2v) is 5.86. The van der Waals surface area contributed by atoms with Crippen LogP contribution in [0.15, 0.2) is 46.9 Å². The van der Waals surface area contributed by atoms with Crippen molar-refractivity contribution >= 4 is 15.9 Å². The van der Waals surface area contributed by atoms with E-state index in [0.29, 0.717) is 6.61 Å². The minimum atomic E-state index is 0.0721. The molecule has 0 radical (unpaired) electrons. The molecule has 0 aliphatic heterocycles. The summed E-state index contributed by atoms with van der Waals surface area (Å²) in [6.07, 6.45) is 0.752. The molecule has 0 bridgehead atoms. The Morgan fingerprint density at radius 2 is 1.81 bits per heavy atom. The molecule has 0 heterocycles. The SMILES string of the molecule is COc1cccc(CC(C)N)c1OCc1ccccc1Br. The van der Waals surface area contributed by atoms with Crippen molar-refractivity contribution in [2.75, 3.05) is 7.11 Å². The van der Waals surface area contributed by atoms with Crippen molar-refractivity contribution < 1.29 is 9.47 Å². The van der Waals surface area contributed by atoms with E-state index in [1.807, 2.05) is 49.4 Å². The van der Waals surface area contributed by atoms with E-state index < -0.39 is 0 Å². The number of hydrogen-bond acceptors (Lipinski definition) is 3. The summed E-state index contributed by atoms with van der Waals surface area (Å²) >= 11 is 3.53. The lowest BCUT2D eigenvalue weighted by atomic mass is 10.1. The summed E-state index contributed by atoms with van der Waals surface area (Å²) in [7, 11) is 1.65. The Hall–Kier alpha value is -1.52. The molecule has 112 valence electrons. The van der Waals surface area contributed by atoms with Crippen LogP contribution in [0.3, 0.4) is 0 Å². The molecule has 21 heavy (non-hydrogen) atoms. The molecular formula is C17H20BrNO2. The van der Waals surface area contributed by atoms with Crippen LogP contribution in [0, 0.1) is 0 Å². The number of benzene rings is 2. The van der Waals surface area contributed by atoms with Crippen LogP contribution in [0.25, 0.3) is 0 Å². The smallest absolute Gasteiger partial charge is 0.164 e. The number of rotatable bonds is 6. The number of ether oxygens (including phenoxy) is 2. The van der Waals surface area contributed by atoms with Crippen molar-refractivity contribution in [1.29, 1.82) is 0 Å². The van der Waals surface area contributed by atoms with Gasteiger partial charge >= 0.3 is 0 Å². The molecule has 0 aliphatic rings. The Kier molecular flexibility index (Phi) is 5.65. The standard InChI is InChI=1S/C17H20BrNO2/c1-12(19)10-13-7-5-9-16(20-2)17(13)21-11-14-6-3-4-8-15(14)18/h3-9,12H,10-11,19H2,1-2H3. The molecule has 0 fully saturated rings. The lowest BCUT2D eigenvalue weighted by Gasteiger charge is -2.16. The number of hydrogen-bond donors (Lipinski definition) is 1. The number of methoxy groups -OCH3 is 1. The van der Waals surface area contributed by atoms with Crippen LogP contribution >= 0.6 is 15.9 Å². The van der Waals surface area contributed by atoms with Gasteiger partial charge in [0.05, 0.1) is 7.11 Å². The van der Waals surface area contributed by atoms with Gasteiger partial charge in [-0.05, 0) is 31.0 Å². The van der Waals surface area contributed by atoms with Crippen LogP contribution < -0.4 is 15.2 Å². The van der Waals surface area contributed by atoms with Crippen molar-refractivity contribution in [3.8, 4) is 11.5 Å². The van der Waals surface area contributed by atoms with Crippen LogP contribution in [0.4, 0.5) is 0 Å². The van der Waals surface area contributed by atoms with Crippen LogP contribution in [0.1, 0.15) is 18.1 Å². The van der Waals surface area contributed by atoms with Crippen molar-refractivity contribution in [2.24, 2.45) is 5.73 Å². The highest BCUT2D eigenvalue weighted by molar-refractivity contribution is 9.10. The molecule has 0 aromatic heterocycles. The van der Waals surface area contributed by atoms with Gasteiger partial charge in [-0.15, -0.1) is 0 Å². The normalized spacial score (nSPS) is 12.0. The van der Waals surface area contributed by atoms with E-state index in [2.05, 4.69) is 15.9 Å². The topological polar surface area (TPSA) is 44.5 Å². The van der Waals surface area contributed by atoms with Crippen molar-refractivity contribution in [3.05, 3.63) is 58.1 Å². The maximum absolute atomic E-state index is 6.02. The second kappa shape index (κ2) is 7.48. The van der Waals surface area contributed by atoms with Gasteiger partial charge in [0, 0.05) is 16.1 Å². The zero-order valence-electron chi connectivity index (χ0n) is 12.3. The van der Waals surface area contributed by atoms with E-state index >= 15 is 0 Å².